The molecule has 1 saturated heterocycles. The molecule has 1 aliphatic rings. The van der Waals surface area contributed by atoms with Crippen LogP contribution in [0.5, 0.6) is 11.5 Å². The van der Waals surface area contributed by atoms with Gasteiger partial charge in [0.05, 0.1) is 14.2 Å². The Labute approximate surface area is 119 Å². The predicted molar refractivity (Wildman–Crippen MR) is 77.5 cm³/mol. The van der Waals surface area contributed by atoms with Gasteiger partial charge in [0.1, 0.15) is 17.1 Å². The zero-order chi connectivity index (χ0) is 14.4. The molecule has 1 aromatic rings. The van der Waals surface area contributed by atoms with Crippen molar-refractivity contribution in [3.63, 3.8) is 0 Å². The fourth-order valence-corrected chi connectivity index (χ4v) is 2.47. The van der Waals surface area contributed by atoms with Crippen molar-refractivity contribution >= 4 is 5.91 Å². The lowest BCUT2D eigenvalue weighted by molar-refractivity contribution is 0.0929. The second-order valence-electron chi connectivity index (χ2n) is 4.91. The SMILES string of the molecule is COc1cccc(OC)c1C(=O)NC1CCCCNC1. The average Bonchev–Trinajstić information content (AvgIpc) is 2.74. The summed E-state index contributed by atoms with van der Waals surface area (Å²) in [6.07, 6.45) is 3.28. The van der Waals surface area contributed by atoms with Crippen molar-refractivity contribution < 1.29 is 14.3 Å². The van der Waals surface area contributed by atoms with Crippen LogP contribution in [-0.2, 0) is 0 Å². The molecule has 0 aliphatic carbocycles. The first kappa shape index (κ1) is 14.7. The maximum Gasteiger partial charge on any atom is 0.259 e. The summed E-state index contributed by atoms with van der Waals surface area (Å²) in [6.45, 7) is 1.83. The molecule has 5 heteroatoms. The lowest BCUT2D eigenvalue weighted by Gasteiger charge is -2.18. The smallest absolute Gasteiger partial charge is 0.259 e. The summed E-state index contributed by atoms with van der Waals surface area (Å²) in [5.74, 6) is 0.917. The number of ether oxygens (including phenoxy) is 2. The molecule has 0 radical (unpaired) electrons. The van der Waals surface area contributed by atoms with Gasteiger partial charge in [-0.2, -0.15) is 0 Å². The van der Waals surface area contributed by atoms with E-state index in [0.29, 0.717) is 17.1 Å². The van der Waals surface area contributed by atoms with Crippen molar-refractivity contribution in [1.82, 2.24) is 10.6 Å². The Morgan fingerprint density at radius 2 is 1.95 bits per heavy atom. The Bertz CT molecular complexity index is 432. The van der Waals surface area contributed by atoms with Gasteiger partial charge in [0, 0.05) is 12.6 Å². The zero-order valence-electron chi connectivity index (χ0n) is 12.1. The summed E-state index contributed by atoms with van der Waals surface area (Å²) < 4.78 is 10.5. The number of hydrogen-bond donors (Lipinski definition) is 2. The lowest BCUT2D eigenvalue weighted by atomic mass is 10.1. The van der Waals surface area contributed by atoms with Gasteiger partial charge < -0.3 is 20.1 Å². The molecule has 2 N–H and O–H groups in total. The topological polar surface area (TPSA) is 59.6 Å². The van der Waals surface area contributed by atoms with E-state index in [-0.39, 0.29) is 11.9 Å². The van der Waals surface area contributed by atoms with Crippen molar-refractivity contribution in [2.45, 2.75) is 25.3 Å². The van der Waals surface area contributed by atoms with Crippen LogP contribution in [0.1, 0.15) is 29.6 Å². The van der Waals surface area contributed by atoms with Gasteiger partial charge in [0.25, 0.3) is 5.91 Å². The third-order valence-corrected chi connectivity index (χ3v) is 3.54. The zero-order valence-corrected chi connectivity index (χ0v) is 12.1. The van der Waals surface area contributed by atoms with Crippen LogP contribution in [0.15, 0.2) is 18.2 Å². The minimum atomic E-state index is -0.145. The highest BCUT2D eigenvalue weighted by Gasteiger charge is 2.21. The van der Waals surface area contributed by atoms with Crippen molar-refractivity contribution in [3.8, 4) is 11.5 Å². The summed E-state index contributed by atoms with van der Waals surface area (Å²) in [5, 5.41) is 6.40. The van der Waals surface area contributed by atoms with Gasteiger partial charge in [0.15, 0.2) is 0 Å². The Morgan fingerprint density at radius 3 is 2.60 bits per heavy atom. The van der Waals surface area contributed by atoms with Crippen LogP contribution in [0, 0.1) is 0 Å². The van der Waals surface area contributed by atoms with Crippen LogP contribution in [0.3, 0.4) is 0 Å². The highest BCUT2D eigenvalue weighted by molar-refractivity contribution is 5.99. The summed E-state index contributed by atoms with van der Waals surface area (Å²) in [5.41, 5.74) is 0.460. The molecule has 1 fully saturated rings. The van der Waals surface area contributed by atoms with Crippen molar-refractivity contribution in [2.75, 3.05) is 27.3 Å². The van der Waals surface area contributed by atoms with E-state index in [1.165, 1.54) is 0 Å². The van der Waals surface area contributed by atoms with Gasteiger partial charge >= 0.3 is 0 Å². The maximum absolute atomic E-state index is 12.5. The lowest BCUT2D eigenvalue weighted by Crippen LogP contribution is -2.41. The van der Waals surface area contributed by atoms with E-state index in [4.69, 9.17) is 9.47 Å². The van der Waals surface area contributed by atoms with Gasteiger partial charge in [-0.25, -0.2) is 0 Å². The Morgan fingerprint density at radius 1 is 1.25 bits per heavy atom. The molecule has 0 saturated carbocycles. The summed E-state index contributed by atoms with van der Waals surface area (Å²) in [4.78, 5) is 12.5. The van der Waals surface area contributed by atoms with Crippen molar-refractivity contribution in [3.05, 3.63) is 23.8 Å². The van der Waals surface area contributed by atoms with Crippen LogP contribution in [0.4, 0.5) is 0 Å². The van der Waals surface area contributed by atoms with Crippen molar-refractivity contribution in [2.24, 2.45) is 0 Å². The molecule has 1 atom stereocenters. The first-order chi connectivity index (χ1) is 9.76. The number of nitrogens with one attached hydrogen (secondary N) is 2. The molecule has 20 heavy (non-hydrogen) atoms. The van der Waals surface area contributed by atoms with Gasteiger partial charge in [-0.05, 0) is 31.5 Å². The van der Waals surface area contributed by atoms with E-state index in [1.54, 1.807) is 26.4 Å². The highest BCUT2D eigenvalue weighted by Crippen LogP contribution is 2.28. The molecule has 1 aromatic carbocycles. The number of benzene rings is 1. The fraction of sp³-hybridized carbons (Fsp3) is 0.533. The average molecular weight is 278 g/mol. The minimum Gasteiger partial charge on any atom is -0.496 e. The number of carbonyl (C=O) groups excluding carboxylic acids is 1. The standard InChI is InChI=1S/C15H22N2O3/c1-19-12-7-5-8-13(20-2)14(12)15(18)17-11-6-3-4-9-16-10-11/h5,7-8,11,16H,3-4,6,9-10H2,1-2H3,(H,17,18). The number of methoxy groups -OCH3 is 2. The molecule has 1 aliphatic heterocycles. The Hall–Kier alpha value is -1.75. The van der Waals surface area contributed by atoms with Crippen LogP contribution in [-0.4, -0.2) is 39.3 Å². The molecule has 2 rings (SSSR count). The molecule has 1 heterocycles. The number of carbonyl (C=O) groups is 1. The van der Waals surface area contributed by atoms with E-state index >= 15 is 0 Å². The second kappa shape index (κ2) is 7.14. The first-order valence-corrected chi connectivity index (χ1v) is 6.99. The molecule has 110 valence electrons. The molecule has 0 bridgehead atoms. The Kier molecular flexibility index (Phi) is 5.24. The largest absolute Gasteiger partial charge is 0.496 e. The maximum atomic E-state index is 12.5. The summed E-state index contributed by atoms with van der Waals surface area (Å²) >= 11 is 0. The summed E-state index contributed by atoms with van der Waals surface area (Å²) in [6, 6.07) is 5.49. The molecule has 0 spiro atoms. The normalized spacial score (nSPS) is 19.0. The monoisotopic (exact) mass is 278 g/mol. The molecule has 5 nitrogen and oxygen atoms in total. The van der Waals surface area contributed by atoms with E-state index in [0.717, 1.165) is 32.4 Å². The highest BCUT2D eigenvalue weighted by atomic mass is 16.5. The van der Waals surface area contributed by atoms with Gasteiger partial charge in [-0.3, -0.25) is 4.79 Å². The molecular weight excluding hydrogens is 256 g/mol. The number of amides is 1. The van der Waals surface area contributed by atoms with Gasteiger partial charge in [-0.15, -0.1) is 0 Å². The molecule has 0 aromatic heterocycles. The van der Waals surface area contributed by atoms with Crippen LogP contribution in [0.25, 0.3) is 0 Å². The minimum absolute atomic E-state index is 0.145. The molecule has 1 unspecified atom stereocenters. The Balaban J connectivity index is 2.15. The van der Waals surface area contributed by atoms with Gasteiger partial charge in [-0.1, -0.05) is 12.5 Å². The van der Waals surface area contributed by atoms with E-state index in [9.17, 15) is 4.79 Å². The molecular formula is C15H22N2O3. The fourth-order valence-electron chi connectivity index (χ4n) is 2.47. The van der Waals surface area contributed by atoms with Gasteiger partial charge in [0.2, 0.25) is 0 Å². The first-order valence-electron chi connectivity index (χ1n) is 6.99. The van der Waals surface area contributed by atoms with Crippen LogP contribution >= 0.6 is 0 Å². The van der Waals surface area contributed by atoms with E-state index in [1.807, 2.05) is 6.07 Å². The van der Waals surface area contributed by atoms with Crippen LogP contribution in [0.2, 0.25) is 0 Å². The van der Waals surface area contributed by atoms with Crippen molar-refractivity contribution in [1.29, 1.82) is 0 Å². The summed E-state index contributed by atoms with van der Waals surface area (Å²) in [7, 11) is 3.11. The van der Waals surface area contributed by atoms with E-state index in [2.05, 4.69) is 10.6 Å². The predicted octanol–water partition coefficient (Wildman–Crippen LogP) is 1.58. The second-order valence-corrected chi connectivity index (χ2v) is 4.91. The third kappa shape index (κ3) is 3.42. The van der Waals surface area contributed by atoms with E-state index < -0.39 is 0 Å². The van der Waals surface area contributed by atoms with Crippen LogP contribution < -0.4 is 20.1 Å². The number of hydrogen-bond acceptors (Lipinski definition) is 4. The molecule has 1 amide bonds. The third-order valence-electron chi connectivity index (χ3n) is 3.54. The quantitative estimate of drug-likeness (QED) is 0.878. The number of rotatable bonds is 4.